The Labute approximate surface area is 116 Å². The Hall–Kier alpha value is -1.09. The highest BCUT2D eigenvalue weighted by Gasteiger charge is 2.37. The van der Waals surface area contributed by atoms with Gasteiger partial charge < -0.3 is 4.57 Å². The fraction of sp³-hybridized carbons (Fsp3) is 0.818. The maximum atomic E-state index is 13.2. The Kier molecular flexibility index (Phi) is 4.10. The number of hydrogen-bond acceptors (Lipinski definition) is 4. The third-order valence-corrected chi connectivity index (χ3v) is 4.34. The van der Waals surface area contributed by atoms with Crippen LogP contribution < -0.4 is 5.14 Å². The summed E-state index contributed by atoms with van der Waals surface area (Å²) in [7, 11) is -3.96. The summed E-state index contributed by atoms with van der Waals surface area (Å²) in [6, 6.07) is 0. The van der Waals surface area contributed by atoms with Gasteiger partial charge in [0.25, 0.3) is 15.2 Å². The Morgan fingerprint density at radius 2 is 1.95 bits per heavy atom. The molecule has 0 aromatic carbocycles. The molecule has 1 aliphatic carbocycles. The molecule has 0 radical (unpaired) electrons. The van der Waals surface area contributed by atoms with Crippen LogP contribution >= 0.6 is 0 Å². The van der Waals surface area contributed by atoms with Crippen molar-refractivity contribution in [1.29, 1.82) is 0 Å². The van der Waals surface area contributed by atoms with E-state index in [1.807, 2.05) is 6.92 Å². The van der Waals surface area contributed by atoms with Crippen LogP contribution in [0, 0.1) is 0 Å². The monoisotopic (exact) mass is 308 g/mol. The van der Waals surface area contributed by atoms with Gasteiger partial charge in [-0.3, -0.25) is 0 Å². The molecule has 0 atom stereocenters. The molecule has 1 aromatic rings. The van der Waals surface area contributed by atoms with Gasteiger partial charge in [0.05, 0.1) is 0 Å². The molecule has 2 N–H and O–H groups in total. The summed E-state index contributed by atoms with van der Waals surface area (Å²) in [5, 5.41) is 12.3. The van der Waals surface area contributed by atoms with Crippen molar-refractivity contribution in [3.63, 3.8) is 0 Å². The lowest BCUT2D eigenvalue weighted by Crippen LogP contribution is -2.26. The molecule has 1 aliphatic rings. The van der Waals surface area contributed by atoms with Gasteiger partial charge in [-0.2, -0.15) is 0 Å². The average molecular weight is 308 g/mol. The van der Waals surface area contributed by atoms with Crippen molar-refractivity contribution in [3.05, 3.63) is 5.82 Å². The molecule has 1 fully saturated rings. The van der Waals surface area contributed by atoms with Crippen LogP contribution in [0.4, 0.5) is 8.78 Å². The van der Waals surface area contributed by atoms with Crippen molar-refractivity contribution < 1.29 is 17.2 Å². The van der Waals surface area contributed by atoms with E-state index in [1.165, 1.54) is 4.57 Å². The minimum Gasteiger partial charge on any atom is -0.301 e. The second kappa shape index (κ2) is 5.36. The van der Waals surface area contributed by atoms with Gasteiger partial charge >= 0.3 is 0 Å². The maximum Gasteiger partial charge on any atom is 0.273 e. The number of halogens is 2. The lowest BCUT2D eigenvalue weighted by Gasteiger charge is -2.27. The van der Waals surface area contributed by atoms with Gasteiger partial charge in [-0.25, -0.2) is 22.3 Å². The van der Waals surface area contributed by atoms with Gasteiger partial charge in [0, 0.05) is 25.3 Å². The first-order chi connectivity index (χ1) is 9.24. The van der Waals surface area contributed by atoms with E-state index in [-0.39, 0.29) is 36.8 Å². The van der Waals surface area contributed by atoms with Gasteiger partial charge in [0.2, 0.25) is 5.92 Å². The van der Waals surface area contributed by atoms with Gasteiger partial charge in [-0.05, 0) is 19.3 Å². The largest absolute Gasteiger partial charge is 0.301 e. The van der Waals surface area contributed by atoms with E-state index in [0.29, 0.717) is 18.8 Å². The van der Waals surface area contributed by atoms with E-state index in [9.17, 15) is 17.2 Å². The van der Waals surface area contributed by atoms with Crippen LogP contribution in [0.1, 0.15) is 50.8 Å². The minimum atomic E-state index is -3.96. The molecule has 1 heterocycles. The second-order valence-corrected chi connectivity index (χ2v) is 6.62. The standard InChI is InChI=1S/C11H18F2N4O2S/c1-2-7-17-9(15-16-10(17)20(14,18)19)8-3-5-11(12,13)6-4-8/h8H,2-7H2,1H3,(H2,14,18,19). The molecule has 0 saturated heterocycles. The van der Waals surface area contributed by atoms with Crippen LogP contribution in [0.25, 0.3) is 0 Å². The molecule has 0 spiro atoms. The van der Waals surface area contributed by atoms with Gasteiger partial charge in [-0.1, -0.05) is 6.92 Å². The minimum absolute atomic E-state index is 0.191. The third-order valence-electron chi connectivity index (χ3n) is 3.53. The van der Waals surface area contributed by atoms with Crippen LogP contribution in [0.2, 0.25) is 0 Å². The number of primary sulfonamides is 1. The van der Waals surface area contributed by atoms with Crippen molar-refractivity contribution in [3.8, 4) is 0 Å². The molecule has 1 saturated carbocycles. The van der Waals surface area contributed by atoms with Crippen LogP contribution in [0.5, 0.6) is 0 Å². The number of alkyl halides is 2. The van der Waals surface area contributed by atoms with Crippen LogP contribution in [-0.4, -0.2) is 29.1 Å². The lowest BCUT2D eigenvalue weighted by molar-refractivity contribution is -0.0390. The zero-order valence-electron chi connectivity index (χ0n) is 11.2. The molecular formula is C11H18F2N4O2S. The van der Waals surface area contributed by atoms with Crippen LogP contribution in [0.3, 0.4) is 0 Å². The van der Waals surface area contributed by atoms with Crippen molar-refractivity contribution in [2.24, 2.45) is 5.14 Å². The molecule has 2 rings (SSSR count). The summed E-state index contributed by atoms with van der Waals surface area (Å²) in [4.78, 5) is 0. The smallest absolute Gasteiger partial charge is 0.273 e. The van der Waals surface area contributed by atoms with Crippen molar-refractivity contribution in [2.45, 2.75) is 62.6 Å². The highest BCUT2D eigenvalue weighted by Crippen LogP contribution is 2.40. The summed E-state index contributed by atoms with van der Waals surface area (Å²) in [5.41, 5.74) is 0. The molecule has 6 nitrogen and oxygen atoms in total. The summed E-state index contributed by atoms with van der Waals surface area (Å²) < 4.78 is 50.7. The van der Waals surface area contributed by atoms with E-state index < -0.39 is 15.9 Å². The van der Waals surface area contributed by atoms with Crippen molar-refractivity contribution in [1.82, 2.24) is 14.8 Å². The normalized spacial score (nSPS) is 20.2. The summed E-state index contributed by atoms with van der Waals surface area (Å²) in [6.45, 7) is 2.28. The number of nitrogens with zero attached hydrogens (tertiary/aromatic N) is 3. The number of aromatic nitrogens is 3. The summed E-state index contributed by atoms with van der Waals surface area (Å²) in [5.74, 6) is -2.37. The molecule has 0 amide bonds. The molecule has 9 heteroatoms. The van der Waals surface area contributed by atoms with E-state index in [0.717, 1.165) is 0 Å². The fourth-order valence-electron chi connectivity index (χ4n) is 2.54. The van der Waals surface area contributed by atoms with Crippen LogP contribution in [0.15, 0.2) is 5.16 Å². The molecule has 0 unspecified atom stereocenters. The topological polar surface area (TPSA) is 90.9 Å². The Bertz CT molecular complexity index is 575. The number of sulfonamides is 1. The zero-order chi connectivity index (χ0) is 15.0. The average Bonchev–Trinajstić information content (AvgIpc) is 2.73. The summed E-state index contributed by atoms with van der Waals surface area (Å²) in [6.07, 6.45) is 0.818. The van der Waals surface area contributed by atoms with Crippen molar-refractivity contribution >= 4 is 10.0 Å². The lowest BCUT2D eigenvalue weighted by atomic mass is 9.86. The third kappa shape index (κ3) is 3.14. The van der Waals surface area contributed by atoms with E-state index in [1.54, 1.807) is 0 Å². The number of hydrogen-bond donors (Lipinski definition) is 1. The quantitative estimate of drug-likeness (QED) is 0.915. The van der Waals surface area contributed by atoms with Gasteiger partial charge in [0.1, 0.15) is 5.82 Å². The first kappa shape index (κ1) is 15.3. The SMILES string of the molecule is CCCn1c(C2CCC(F)(F)CC2)nnc1S(N)(=O)=O. The first-order valence-corrected chi connectivity index (χ1v) is 8.13. The molecule has 1 aromatic heterocycles. The van der Waals surface area contributed by atoms with Gasteiger partial charge in [-0.15, -0.1) is 10.2 Å². The Morgan fingerprint density at radius 1 is 1.35 bits per heavy atom. The van der Waals surface area contributed by atoms with Crippen molar-refractivity contribution in [2.75, 3.05) is 0 Å². The first-order valence-electron chi connectivity index (χ1n) is 6.58. The molecule has 0 bridgehead atoms. The van der Waals surface area contributed by atoms with Gasteiger partial charge in [0.15, 0.2) is 0 Å². The predicted molar refractivity (Wildman–Crippen MR) is 67.8 cm³/mol. The van der Waals surface area contributed by atoms with E-state index >= 15 is 0 Å². The molecule has 0 aliphatic heterocycles. The number of rotatable bonds is 4. The van der Waals surface area contributed by atoms with E-state index in [4.69, 9.17) is 5.14 Å². The zero-order valence-corrected chi connectivity index (χ0v) is 12.0. The fourth-order valence-corrected chi connectivity index (χ4v) is 3.19. The highest BCUT2D eigenvalue weighted by atomic mass is 32.2. The second-order valence-electron chi connectivity index (χ2n) is 5.17. The summed E-state index contributed by atoms with van der Waals surface area (Å²) >= 11 is 0. The highest BCUT2D eigenvalue weighted by molar-refractivity contribution is 7.89. The molecule has 114 valence electrons. The van der Waals surface area contributed by atoms with E-state index in [2.05, 4.69) is 10.2 Å². The Morgan fingerprint density at radius 3 is 2.45 bits per heavy atom. The van der Waals surface area contributed by atoms with Crippen LogP contribution in [-0.2, 0) is 16.6 Å². The maximum absolute atomic E-state index is 13.2. The molecule has 20 heavy (non-hydrogen) atoms. The number of nitrogens with two attached hydrogens (primary N) is 1. The molecular weight excluding hydrogens is 290 g/mol. The Balaban J connectivity index is 2.31. The predicted octanol–water partition coefficient (Wildman–Crippen LogP) is 1.63.